The molecule has 136 valence electrons. The van der Waals surface area contributed by atoms with Gasteiger partial charge in [-0.1, -0.05) is 57.1 Å². The van der Waals surface area contributed by atoms with Crippen molar-refractivity contribution >= 4 is 5.71 Å². The summed E-state index contributed by atoms with van der Waals surface area (Å²) >= 11 is 0. The molecule has 5 aliphatic rings. The number of fused-ring (bicyclic) bond motifs is 5. The maximum Gasteiger partial charge on any atom is 0.0499 e. The van der Waals surface area contributed by atoms with Crippen LogP contribution in [0.3, 0.4) is 0 Å². The van der Waals surface area contributed by atoms with Gasteiger partial charge in [0.05, 0.1) is 0 Å². The Bertz CT molecular complexity index is 549. The SMILES string of the molecule is C1=C2C(=CC1)C1CCCCC1C(=NC1CCCCC1)C1CCCCC21. The molecule has 0 spiro atoms. The highest BCUT2D eigenvalue weighted by Crippen LogP contribution is 2.52. The van der Waals surface area contributed by atoms with Crippen LogP contribution in [-0.2, 0) is 0 Å². The first-order valence-electron chi connectivity index (χ1n) is 11.4. The summed E-state index contributed by atoms with van der Waals surface area (Å²) in [6, 6.07) is 0.662. The van der Waals surface area contributed by atoms with Crippen molar-refractivity contribution < 1.29 is 0 Å². The summed E-state index contributed by atoms with van der Waals surface area (Å²) in [5, 5.41) is 0. The molecule has 4 atom stereocenters. The van der Waals surface area contributed by atoms with Crippen LogP contribution < -0.4 is 0 Å². The molecule has 25 heavy (non-hydrogen) atoms. The zero-order valence-electron chi connectivity index (χ0n) is 15.9. The van der Waals surface area contributed by atoms with E-state index in [9.17, 15) is 0 Å². The van der Waals surface area contributed by atoms with E-state index in [0.29, 0.717) is 6.04 Å². The van der Waals surface area contributed by atoms with E-state index in [1.165, 1.54) is 89.9 Å². The summed E-state index contributed by atoms with van der Waals surface area (Å²) in [5.41, 5.74) is 5.29. The highest BCUT2D eigenvalue weighted by molar-refractivity contribution is 5.91. The molecular formula is C24H35N. The van der Waals surface area contributed by atoms with E-state index in [1.54, 1.807) is 16.9 Å². The predicted octanol–water partition coefficient (Wildman–Crippen LogP) is 6.64. The fourth-order valence-electron chi connectivity index (χ4n) is 6.88. The molecule has 0 radical (unpaired) electrons. The van der Waals surface area contributed by atoms with Crippen molar-refractivity contribution in [2.75, 3.05) is 0 Å². The molecule has 0 aliphatic heterocycles. The van der Waals surface area contributed by atoms with Gasteiger partial charge in [-0.15, -0.1) is 0 Å². The molecule has 0 amide bonds. The van der Waals surface area contributed by atoms with Gasteiger partial charge in [0.1, 0.15) is 0 Å². The van der Waals surface area contributed by atoms with Crippen molar-refractivity contribution in [2.24, 2.45) is 28.7 Å². The van der Waals surface area contributed by atoms with Crippen LogP contribution in [0.4, 0.5) is 0 Å². The van der Waals surface area contributed by atoms with E-state index in [-0.39, 0.29) is 0 Å². The summed E-state index contributed by atoms with van der Waals surface area (Å²) in [6.45, 7) is 0. The Morgan fingerprint density at radius 2 is 1.04 bits per heavy atom. The lowest BCUT2D eigenvalue weighted by molar-refractivity contribution is 0.320. The number of allylic oxidation sites excluding steroid dienone is 4. The van der Waals surface area contributed by atoms with E-state index in [2.05, 4.69) is 12.2 Å². The summed E-state index contributed by atoms with van der Waals surface area (Å²) in [5.74, 6) is 3.21. The second-order valence-corrected chi connectivity index (χ2v) is 9.40. The third kappa shape index (κ3) is 2.96. The van der Waals surface area contributed by atoms with Gasteiger partial charge >= 0.3 is 0 Å². The van der Waals surface area contributed by atoms with Crippen molar-refractivity contribution in [3.05, 3.63) is 23.3 Å². The average molecular weight is 338 g/mol. The average Bonchev–Trinajstić information content (AvgIpc) is 3.13. The second kappa shape index (κ2) is 7.05. The Morgan fingerprint density at radius 3 is 1.60 bits per heavy atom. The predicted molar refractivity (Wildman–Crippen MR) is 106 cm³/mol. The minimum absolute atomic E-state index is 0.662. The summed E-state index contributed by atoms with van der Waals surface area (Å²) in [6.07, 6.45) is 24.9. The van der Waals surface area contributed by atoms with Crippen molar-refractivity contribution in [2.45, 2.75) is 95.9 Å². The van der Waals surface area contributed by atoms with Gasteiger partial charge in [0.25, 0.3) is 0 Å². The number of aliphatic imine (C=N–C) groups is 1. The molecule has 5 rings (SSSR count). The van der Waals surface area contributed by atoms with Gasteiger partial charge in [-0.2, -0.15) is 0 Å². The Morgan fingerprint density at radius 1 is 0.560 bits per heavy atom. The number of rotatable bonds is 1. The Kier molecular flexibility index (Phi) is 4.60. The molecule has 0 N–H and O–H groups in total. The number of hydrogen-bond acceptors (Lipinski definition) is 1. The molecule has 5 aliphatic carbocycles. The van der Waals surface area contributed by atoms with Crippen LogP contribution >= 0.6 is 0 Å². The topological polar surface area (TPSA) is 12.4 Å². The van der Waals surface area contributed by atoms with E-state index in [1.807, 2.05) is 0 Å². The molecule has 4 fully saturated rings. The maximum atomic E-state index is 5.61. The Hall–Kier alpha value is -0.850. The number of nitrogens with zero attached hydrogens (tertiary/aromatic N) is 1. The lowest BCUT2D eigenvalue weighted by atomic mass is 9.70. The molecule has 0 aromatic carbocycles. The van der Waals surface area contributed by atoms with Gasteiger partial charge in [-0.05, 0) is 67.9 Å². The summed E-state index contributed by atoms with van der Waals surface area (Å²) in [4.78, 5) is 5.61. The normalized spacial score (nSPS) is 38.8. The van der Waals surface area contributed by atoms with Crippen LogP contribution in [0.25, 0.3) is 0 Å². The summed E-state index contributed by atoms with van der Waals surface area (Å²) < 4.78 is 0. The molecule has 4 saturated carbocycles. The Labute approximate surface area is 154 Å². The first-order chi connectivity index (χ1) is 12.4. The first kappa shape index (κ1) is 16.3. The van der Waals surface area contributed by atoms with Gasteiger partial charge < -0.3 is 0 Å². The summed E-state index contributed by atoms with van der Waals surface area (Å²) in [7, 11) is 0. The highest BCUT2D eigenvalue weighted by Gasteiger charge is 2.45. The maximum absolute atomic E-state index is 5.61. The van der Waals surface area contributed by atoms with Crippen molar-refractivity contribution in [1.29, 1.82) is 0 Å². The molecule has 0 bridgehead atoms. The fourth-order valence-corrected chi connectivity index (χ4v) is 6.88. The quantitative estimate of drug-likeness (QED) is 0.508. The van der Waals surface area contributed by atoms with Crippen molar-refractivity contribution in [1.82, 2.24) is 0 Å². The monoisotopic (exact) mass is 337 g/mol. The van der Waals surface area contributed by atoms with Crippen LogP contribution in [-0.4, -0.2) is 11.8 Å². The zero-order chi connectivity index (χ0) is 16.6. The van der Waals surface area contributed by atoms with E-state index in [0.717, 1.165) is 23.7 Å². The van der Waals surface area contributed by atoms with E-state index >= 15 is 0 Å². The van der Waals surface area contributed by atoms with Crippen LogP contribution in [0.5, 0.6) is 0 Å². The van der Waals surface area contributed by atoms with Crippen molar-refractivity contribution in [3.63, 3.8) is 0 Å². The molecule has 1 heteroatoms. The zero-order valence-corrected chi connectivity index (χ0v) is 15.9. The van der Waals surface area contributed by atoms with Crippen molar-refractivity contribution in [3.8, 4) is 0 Å². The smallest absolute Gasteiger partial charge is 0.0499 e. The molecule has 1 nitrogen and oxygen atoms in total. The van der Waals surface area contributed by atoms with Gasteiger partial charge in [0.15, 0.2) is 0 Å². The minimum Gasteiger partial charge on any atom is -0.290 e. The van der Waals surface area contributed by atoms with Crippen LogP contribution in [0.1, 0.15) is 89.9 Å². The third-order valence-electron chi connectivity index (χ3n) is 8.01. The lowest BCUT2D eigenvalue weighted by Gasteiger charge is -2.36. The van der Waals surface area contributed by atoms with Crippen LogP contribution in [0, 0.1) is 23.7 Å². The molecular weight excluding hydrogens is 302 g/mol. The second-order valence-electron chi connectivity index (χ2n) is 9.40. The Balaban J connectivity index is 1.56. The molecule has 0 aromatic heterocycles. The van der Waals surface area contributed by atoms with Crippen LogP contribution in [0.2, 0.25) is 0 Å². The molecule has 0 heterocycles. The molecule has 0 aromatic rings. The number of hydrogen-bond donors (Lipinski definition) is 0. The van der Waals surface area contributed by atoms with Gasteiger partial charge in [-0.3, -0.25) is 4.99 Å². The third-order valence-corrected chi connectivity index (χ3v) is 8.01. The van der Waals surface area contributed by atoms with E-state index in [4.69, 9.17) is 4.99 Å². The highest BCUT2D eigenvalue weighted by atomic mass is 14.8. The standard InChI is InChI=1S/C24H35N/c1-2-9-17(10-3-1)25-24-22-13-6-4-11-20(22)18-15-8-16-19(18)21-12-5-7-14-23(21)24/h15-17,20-23H,1-14H2. The molecule has 4 unspecified atom stereocenters. The van der Waals surface area contributed by atoms with Gasteiger partial charge in [0, 0.05) is 23.6 Å². The molecule has 0 saturated heterocycles. The van der Waals surface area contributed by atoms with Gasteiger partial charge in [-0.25, -0.2) is 0 Å². The lowest BCUT2D eigenvalue weighted by Crippen LogP contribution is -2.35. The largest absolute Gasteiger partial charge is 0.290 e. The van der Waals surface area contributed by atoms with Gasteiger partial charge in [0.2, 0.25) is 0 Å². The van der Waals surface area contributed by atoms with Crippen LogP contribution in [0.15, 0.2) is 28.3 Å². The first-order valence-corrected chi connectivity index (χ1v) is 11.4. The fraction of sp³-hybridized carbons (Fsp3) is 0.792. The van der Waals surface area contributed by atoms with E-state index < -0.39 is 0 Å². The minimum atomic E-state index is 0.662.